The Morgan fingerprint density at radius 1 is 1.24 bits per heavy atom. The van der Waals surface area contributed by atoms with Gasteiger partial charge in [0.15, 0.2) is 5.78 Å². The Kier molecular flexibility index (Phi) is 1.77. The number of benzene rings is 1. The average Bonchev–Trinajstić information content (AvgIpc) is 2.81. The van der Waals surface area contributed by atoms with Crippen LogP contribution in [-0.2, 0) is 0 Å². The van der Waals surface area contributed by atoms with Crippen molar-refractivity contribution in [1.29, 1.82) is 0 Å². The van der Waals surface area contributed by atoms with E-state index >= 15 is 0 Å². The van der Waals surface area contributed by atoms with Crippen LogP contribution < -0.4 is 0 Å². The van der Waals surface area contributed by atoms with Crippen molar-refractivity contribution in [3.05, 3.63) is 58.7 Å². The third kappa shape index (κ3) is 1.12. The average molecular weight is 239 g/mol. The van der Waals surface area contributed by atoms with Crippen molar-refractivity contribution < 1.29 is 4.79 Å². The normalized spacial score (nSPS) is 24.6. The van der Waals surface area contributed by atoms with E-state index in [0.29, 0.717) is 5.25 Å². The molecule has 3 aliphatic rings. The van der Waals surface area contributed by atoms with Crippen molar-refractivity contribution in [2.24, 2.45) is 4.40 Å². The lowest BCUT2D eigenvalue weighted by molar-refractivity contribution is 0.103. The Morgan fingerprint density at radius 3 is 2.94 bits per heavy atom. The molecule has 0 saturated carbocycles. The number of ketones is 1. The van der Waals surface area contributed by atoms with Crippen LogP contribution in [0.2, 0.25) is 0 Å². The van der Waals surface area contributed by atoms with Gasteiger partial charge in [0.2, 0.25) is 0 Å². The molecule has 0 aromatic heterocycles. The highest BCUT2D eigenvalue weighted by Crippen LogP contribution is 2.43. The van der Waals surface area contributed by atoms with E-state index in [0.717, 1.165) is 34.4 Å². The number of allylic oxidation sites excluding steroid dienone is 3. The Bertz CT molecular complexity index is 639. The van der Waals surface area contributed by atoms with Crippen molar-refractivity contribution in [2.75, 3.05) is 0 Å². The van der Waals surface area contributed by atoms with Gasteiger partial charge in [-0.25, -0.2) is 4.40 Å². The molecule has 0 amide bonds. The van der Waals surface area contributed by atoms with Crippen LogP contribution in [0.1, 0.15) is 22.3 Å². The fourth-order valence-corrected chi connectivity index (χ4v) is 3.63. The second kappa shape index (κ2) is 3.20. The minimum Gasteiger partial charge on any atom is -0.289 e. The first kappa shape index (κ1) is 9.42. The number of nitrogens with zero attached hydrogens (tertiary/aromatic N) is 1. The molecule has 1 aliphatic heterocycles. The van der Waals surface area contributed by atoms with Crippen LogP contribution in [0.5, 0.6) is 0 Å². The summed E-state index contributed by atoms with van der Waals surface area (Å²) in [4.78, 5) is 12.4. The maximum atomic E-state index is 12.4. The molecule has 4 rings (SSSR count). The molecule has 0 N–H and O–H groups in total. The lowest BCUT2D eigenvalue weighted by Gasteiger charge is -2.23. The van der Waals surface area contributed by atoms with Crippen LogP contribution in [0.3, 0.4) is 0 Å². The Morgan fingerprint density at radius 2 is 2.06 bits per heavy atom. The zero-order chi connectivity index (χ0) is 11.4. The standard InChI is InChI=1S/C14H9NOS/c16-14-9-5-2-1-4-8(9)13-12-10(14)6-3-7-11(12)17-15-13/h1-6,11H,7H2. The third-order valence-corrected chi connectivity index (χ3v) is 4.42. The van der Waals surface area contributed by atoms with Crippen molar-refractivity contribution in [3.8, 4) is 0 Å². The molecule has 2 aliphatic carbocycles. The molecule has 0 fully saturated rings. The highest BCUT2D eigenvalue weighted by molar-refractivity contribution is 7.99. The first-order valence-corrected chi connectivity index (χ1v) is 6.49. The Labute approximate surface area is 103 Å². The van der Waals surface area contributed by atoms with Gasteiger partial charge in [0.05, 0.1) is 11.0 Å². The van der Waals surface area contributed by atoms with Gasteiger partial charge in [-0.05, 0) is 18.4 Å². The largest absolute Gasteiger partial charge is 0.289 e. The number of rotatable bonds is 0. The lowest BCUT2D eigenvalue weighted by atomic mass is 9.79. The summed E-state index contributed by atoms with van der Waals surface area (Å²) < 4.78 is 4.56. The van der Waals surface area contributed by atoms with Gasteiger partial charge >= 0.3 is 0 Å². The van der Waals surface area contributed by atoms with E-state index in [2.05, 4.69) is 10.5 Å². The van der Waals surface area contributed by atoms with Gasteiger partial charge in [0, 0.05) is 22.3 Å². The summed E-state index contributed by atoms with van der Waals surface area (Å²) >= 11 is 1.59. The van der Waals surface area contributed by atoms with E-state index in [1.54, 1.807) is 11.9 Å². The van der Waals surface area contributed by atoms with E-state index in [4.69, 9.17) is 0 Å². The van der Waals surface area contributed by atoms with E-state index < -0.39 is 0 Å². The van der Waals surface area contributed by atoms with Crippen LogP contribution in [-0.4, -0.2) is 16.7 Å². The summed E-state index contributed by atoms with van der Waals surface area (Å²) in [5.74, 6) is 0.151. The zero-order valence-electron chi connectivity index (χ0n) is 9.01. The van der Waals surface area contributed by atoms with E-state index in [-0.39, 0.29) is 5.78 Å². The number of Topliss-reactive ketones (excluding diaryl/α,β-unsaturated/α-hetero) is 1. The molecule has 0 radical (unpaired) electrons. The molecule has 0 spiro atoms. The van der Waals surface area contributed by atoms with Crippen molar-refractivity contribution >= 4 is 23.4 Å². The van der Waals surface area contributed by atoms with E-state index in [9.17, 15) is 4.79 Å². The molecule has 1 aromatic carbocycles. The maximum Gasteiger partial charge on any atom is 0.194 e. The fourth-order valence-electron chi connectivity index (χ4n) is 2.66. The van der Waals surface area contributed by atoms with Gasteiger partial charge in [-0.2, -0.15) is 0 Å². The summed E-state index contributed by atoms with van der Waals surface area (Å²) in [5.41, 5.74) is 4.82. The predicted molar refractivity (Wildman–Crippen MR) is 69.5 cm³/mol. The number of hydrogen-bond acceptors (Lipinski definition) is 3. The summed E-state index contributed by atoms with van der Waals surface area (Å²) in [6, 6.07) is 7.77. The van der Waals surface area contributed by atoms with Crippen molar-refractivity contribution in [1.82, 2.24) is 0 Å². The smallest absolute Gasteiger partial charge is 0.194 e. The van der Waals surface area contributed by atoms with Crippen molar-refractivity contribution in [2.45, 2.75) is 11.7 Å². The van der Waals surface area contributed by atoms with Crippen LogP contribution in [0.25, 0.3) is 0 Å². The minimum absolute atomic E-state index is 0.151. The monoisotopic (exact) mass is 239 g/mol. The van der Waals surface area contributed by atoms with E-state index in [1.165, 1.54) is 0 Å². The summed E-state index contributed by atoms with van der Waals surface area (Å²) in [5, 5.41) is 0.349. The molecule has 0 saturated heterocycles. The molecule has 1 aromatic rings. The lowest BCUT2D eigenvalue weighted by Crippen LogP contribution is -2.25. The number of hydrogen-bond donors (Lipinski definition) is 0. The second-order valence-electron chi connectivity index (χ2n) is 4.37. The topological polar surface area (TPSA) is 29.4 Å². The maximum absolute atomic E-state index is 12.4. The van der Waals surface area contributed by atoms with E-state index in [1.807, 2.05) is 30.3 Å². The Hall–Kier alpha value is -1.61. The summed E-state index contributed by atoms with van der Waals surface area (Å²) in [6.45, 7) is 0. The molecular formula is C14H9NOS. The quantitative estimate of drug-likeness (QED) is 0.651. The molecule has 1 heterocycles. The van der Waals surface area contributed by atoms with Gasteiger partial charge in [0.25, 0.3) is 0 Å². The number of carbonyl (C=O) groups is 1. The molecule has 0 bridgehead atoms. The molecule has 3 heteroatoms. The van der Waals surface area contributed by atoms with Gasteiger partial charge in [0.1, 0.15) is 0 Å². The van der Waals surface area contributed by atoms with Gasteiger partial charge in [-0.15, -0.1) is 0 Å². The molecular weight excluding hydrogens is 230 g/mol. The van der Waals surface area contributed by atoms with Gasteiger partial charge in [-0.1, -0.05) is 36.4 Å². The fraction of sp³-hybridized carbons (Fsp3) is 0.143. The van der Waals surface area contributed by atoms with Crippen LogP contribution >= 0.6 is 11.9 Å². The summed E-state index contributed by atoms with van der Waals surface area (Å²) in [7, 11) is 0. The highest BCUT2D eigenvalue weighted by atomic mass is 32.2. The minimum atomic E-state index is 0.151. The SMILES string of the molecule is O=C1C2=C3C(=NSC3CC=C2)c2ccccc21. The first-order valence-electron chi connectivity index (χ1n) is 5.65. The van der Waals surface area contributed by atoms with Crippen LogP contribution in [0, 0.1) is 0 Å². The molecule has 17 heavy (non-hydrogen) atoms. The van der Waals surface area contributed by atoms with Crippen LogP contribution in [0.15, 0.2) is 52.0 Å². The van der Waals surface area contributed by atoms with Gasteiger partial charge in [-0.3, -0.25) is 4.79 Å². The van der Waals surface area contributed by atoms with Crippen LogP contribution in [0.4, 0.5) is 0 Å². The van der Waals surface area contributed by atoms with Crippen molar-refractivity contribution in [3.63, 3.8) is 0 Å². The van der Waals surface area contributed by atoms with Gasteiger partial charge < -0.3 is 0 Å². The molecule has 1 unspecified atom stereocenters. The highest BCUT2D eigenvalue weighted by Gasteiger charge is 2.38. The molecule has 2 nitrogen and oxygen atoms in total. The first-order chi connectivity index (χ1) is 8.36. The predicted octanol–water partition coefficient (Wildman–Crippen LogP) is 2.96. The third-order valence-electron chi connectivity index (χ3n) is 3.44. The second-order valence-corrected chi connectivity index (χ2v) is 5.34. The zero-order valence-corrected chi connectivity index (χ0v) is 9.83. The molecule has 82 valence electrons. The Balaban J connectivity index is 2.06. The number of fused-ring (bicyclic) bond motifs is 2. The summed E-state index contributed by atoms with van der Waals surface area (Å²) in [6.07, 6.45) is 5.03. The molecule has 1 atom stereocenters. The number of carbonyl (C=O) groups excluding carboxylic acids is 1.